The number of carbonyl (C=O) groups is 2. The van der Waals surface area contributed by atoms with Crippen molar-refractivity contribution in [2.24, 2.45) is 5.41 Å². The van der Waals surface area contributed by atoms with Gasteiger partial charge in [-0.3, -0.25) is 4.79 Å². The van der Waals surface area contributed by atoms with E-state index in [0.717, 1.165) is 24.8 Å². The molecule has 1 heterocycles. The summed E-state index contributed by atoms with van der Waals surface area (Å²) >= 11 is 0. The predicted molar refractivity (Wildman–Crippen MR) is 96.8 cm³/mol. The van der Waals surface area contributed by atoms with Crippen molar-refractivity contribution in [2.45, 2.75) is 63.7 Å². The van der Waals surface area contributed by atoms with Gasteiger partial charge in [0.05, 0.1) is 11.7 Å². The van der Waals surface area contributed by atoms with Gasteiger partial charge in [-0.25, -0.2) is 4.79 Å². The quantitative estimate of drug-likeness (QED) is 0.778. The Morgan fingerprint density at radius 2 is 2.04 bits per heavy atom. The number of likely N-dealkylation sites (N-methyl/N-ethyl adjacent to an activating group) is 1. The lowest BCUT2D eigenvalue weighted by Crippen LogP contribution is -2.65. The van der Waals surface area contributed by atoms with Crippen molar-refractivity contribution in [1.29, 1.82) is 0 Å². The van der Waals surface area contributed by atoms with Gasteiger partial charge in [-0.2, -0.15) is 0 Å². The van der Waals surface area contributed by atoms with Gasteiger partial charge in [0.1, 0.15) is 0 Å². The van der Waals surface area contributed by atoms with Gasteiger partial charge in [0.2, 0.25) is 0 Å². The molecule has 4 rings (SSSR count). The monoisotopic (exact) mass is 357 g/mol. The van der Waals surface area contributed by atoms with Crippen molar-refractivity contribution in [3.63, 3.8) is 0 Å². The van der Waals surface area contributed by atoms with Crippen LogP contribution in [-0.4, -0.2) is 48.7 Å². The third kappa shape index (κ3) is 2.64. The van der Waals surface area contributed by atoms with Crippen LogP contribution in [0.3, 0.4) is 0 Å². The van der Waals surface area contributed by atoms with E-state index < -0.39 is 12.1 Å². The third-order valence-electron chi connectivity index (χ3n) is 6.63. The summed E-state index contributed by atoms with van der Waals surface area (Å²) in [6.45, 7) is 2.75. The van der Waals surface area contributed by atoms with Crippen molar-refractivity contribution < 1.29 is 19.1 Å². The molecule has 26 heavy (non-hydrogen) atoms. The van der Waals surface area contributed by atoms with Crippen molar-refractivity contribution in [3.8, 4) is 0 Å². The molecule has 0 radical (unpaired) electrons. The molecule has 5 heteroatoms. The molecule has 0 aromatic heterocycles. The molecule has 0 unspecified atom stereocenters. The highest BCUT2D eigenvalue weighted by Crippen LogP contribution is 2.56. The molecule has 140 valence electrons. The van der Waals surface area contributed by atoms with E-state index in [2.05, 4.69) is 0 Å². The van der Waals surface area contributed by atoms with Crippen molar-refractivity contribution in [3.05, 3.63) is 35.4 Å². The fourth-order valence-corrected chi connectivity index (χ4v) is 5.24. The zero-order valence-corrected chi connectivity index (χ0v) is 15.6. The number of benzene rings is 1. The van der Waals surface area contributed by atoms with Gasteiger partial charge in [0.15, 0.2) is 6.10 Å². The summed E-state index contributed by atoms with van der Waals surface area (Å²) in [5.74, 6) is -0.478. The molecular formula is C21H27NO4. The first kappa shape index (κ1) is 17.5. The number of hydrogen-bond donors (Lipinski definition) is 0. The number of cyclic esters (lactones) is 1. The summed E-state index contributed by atoms with van der Waals surface area (Å²) in [5, 5.41) is 0. The highest BCUT2D eigenvalue weighted by molar-refractivity contribution is 5.95. The lowest BCUT2D eigenvalue weighted by atomic mass is 9.60. The van der Waals surface area contributed by atoms with E-state index in [9.17, 15) is 9.59 Å². The summed E-state index contributed by atoms with van der Waals surface area (Å²) in [5.41, 5.74) is 1.56. The standard InChI is InChI=1S/C21H27NO4/c1-3-25-18-13-17(21(18)10-6-7-11-21)22(2)19(23)16-12-14-8-4-5-9-15(14)20(24)26-16/h4-5,8-9,16-18H,3,6-7,10-13H2,1-2H3/t16-,17-,18-/m1/s1. The summed E-state index contributed by atoms with van der Waals surface area (Å²) in [6.07, 6.45) is 5.52. The van der Waals surface area contributed by atoms with Crippen LogP contribution >= 0.6 is 0 Å². The first-order chi connectivity index (χ1) is 12.6. The van der Waals surface area contributed by atoms with E-state index in [0.29, 0.717) is 18.6 Å². The predicted octanol–water partition coefficient (Wildman–Crippen LogP) is 2.96. The summed E-state index contributed by atoms with van der Waals surface area (Å²) in [6, 6.07) is 7.57. The molecule has 2 saturated carbocycles. The van der Waals surface area contributed by atoms with Crippen LogP contribution in [0.5, 0.6) is 0 Å². The zero-order valence-electron chi connectivity index (χ0n) is 15.6. The Bertz CT molecular complexity index is 710. The Morgan fingerprint density at radius 3 is 2.77 bits per heavy atom. The highest BCUT2D eigenvalue weighted by Gasteiger charge is 2.59. The fraction of sp³-hybridized carbons (Fsp3) is 0.619. The highest BCUT2D eigenvalue weighted by atomic mass is 16.5. The molecule has 1 aromatic carbocycles. The molecule has 2 fully saturated rings. The molecule has 2 aliphatic carbocycles. The van der Waals surface area contributed by atoms with Gasteiger partial charge in [0, 0.05) is 31.5 Å². The molecule has 0 bridgehead atoms. The molecule has 1 spiro atoms. The van der Waals surface area contributed by atoms with Crippen molar-refractivity contribution >= 4 is 11.9 Å². The molecule has 0 saturated heterocycles. The van der Waals surface area contributed by atoms with Crippen LogP contribution in [0.1, 0.15) is 54.9 Å². The first-order valence-electron chi connectivity index (χ1n) is 9.74. The Hall–Kier alpha value is -1.88. The molecule has 0 N–H and O–H groups in total. The number of amides is 1. The smallest absolute Gasteiger partial charge is 0.339 e. The van der Waals surface area contributed by atoms with Gasteiger partial charge in [-0.05, 0) is 37.8 Å². The molecule has 5 nitrogen and oxygen atoms in total. The summed E-state index contributed by atoms with van der Waals surface area (Å²) in [7, 11) is 1.86. The number of ether oxygens (including phenoxy) is 2. The maximum absolute atomic E-state index is 13.1. The van der Waals surface area contributed by atoms with Crippen LogP contribution in [0.15, 0.2) is 24.3 Å². The third-order valence-corrected chi connectivity index (χ3v) is 6.63. The number of fused-ring (bicyclic) bond motifs is 1. The molecule has 1 aromatic rings. The Kier molecular flexibility index (Phi) is 4.51. The topological polar surface area (TPSA) is 55.8 Å². The van der Waals surface area contributed by atoms with Gasteiger partial charge >= 0.3 is 5.97 Å². The fourth-order valence-electron chi connectivity index (χ4n) is 5.24. The Labute approximate surface area is 154 Å². The van der Waals surface area contributed by atoms with E-state index in [1.165, 1.54) is 12.8 Å². The number of carbonyl (C=O) groups excluding carboxylic acids is 2. The van der Waals surface area contributed by atoms with Crippen LogP contribution < -0.4 is 0 Å². The van der Waals surface area contributed by atoms with Crippen LogP contribution in [0.4, 0.5) is 0 Å². The van der Waals surface area contributed by atoms with E-state index in [1.807, 2.05) is 37.1 Å². The second-order valence-electron chi connectivity index (χ2n) is 7.84. The van der Waals surface area contributed by atoms with Crippen LogP contribution in [0.2, 0.25) is 0 Å². The van der Waals surface area contributed by atoms with E-state index in [4.69, 9.17) is 9.47 Å². The molecule has 1 aliphatic heterocycles. The van der Waals surface area contributed by atoms with Crippen molar-refractivity contribution in [2.75, 3.05) is 13.7 Å². The van der Waals surface area contributed by atoms with Gasteiger partial charge < -0.3 is 14.4 Å². The number of nitrogens with zero attached hydrogens (tertiary/aromatic N) is 1. The SMILES string of the molecule is CCO[C@@H]1C[C@@H](N(C)C(=O)[C@H]2Cc3ccccc3C(=O)O2)C12CCCC2. The van der Waals surface area contributed by atoms with E-state index >= 15 is 0 Å². The van der Waals surface area contributed by atoms with E-state index in [-0.39, 0.29) is 23.5 Å². The largest absolute Gasteiger partial charge is 0.448 e. The summed E-state index contributed by atoms with van der Waals surface area (Å²) < 4.78 is 11.4. The minimum atomic E-state index is -0.716. The molecule has 1 amide bonds. The molecule has 3 atom stereocenters. The molecular weight excluding hydrogens is 330 g/mol. The maximum Gasteiger partial charge on any atom is 0.339 e. The number of esters is 1. The first-order valence-corrected chi connectivity index (χ1v) is 9.74. The second kappa shape index (κ2) is 6.69. The Morgan fingerprint density at radius 1 is 1.31 bits per heavy atom. The molecule has 3 aliphatic rings. The summed E-state index contributed by atoms with van der Waals surface area (Å²) in [4.78, 5) is 27.2. The lowest BCUT2D eigenvalue weighted by molar-refractivity contribution is -0.177. The van der Waals surface area contributed by atoms with Crippen LogP contribution in [0, 0.1) is 5.41 Å². The van der Waals surface area contributed by atoms with Gasteiger partial charge in [-0.1, -0.05) is 31.0 Å². The van der Waals surface area contributed by atoms with Crippen LogP contribution in [-0.2, 0) is 20.7 Å². The zero-order chi connectivity index (χ0) is 18.3. The average molecular weight is 357 g/mol. The van der Waals surface area contributed by atoms with Gasteiger partial charge in [-0.15, -0.1) is 0 Å². The lowest BCUT2D eigenvalue weighted by Gasteiger charge is -2.57. The Balaban J connectivity index is 1.50. The van der Waals surface area contributed by atoms with Crippen molar-refractivity contribution in [1.82, 2.24) is 4.90 Å². The minimum Gasteiger partial charge on any atom is -0.448 e. The normalized spacial score (nSPS) is 29.0. The number of hydrogen-bond acceptors (Lipinski definition) is 4. The van der Waals surface area contributed by atoms with Gasteiger partial charge in [0.25, 0.3) is 5.91 Å². The average Bonchev–Trinajstić information content (AvgIpc) is 3.16. The minimum absolute atomic E-state index is 0.0842. The second-order valence-corrected chi connectivity index (χ2v) is 7.84. The van der Waals surface area contributed by atoms with Crippen LogP contribution in [0.25, 0.3) is 0 Å². The maximum atomic E-state index is 13.1. The number of rotatable bonds is 4. The van der Waals surface area contributed by atoms with E-state index in [1.54, 1.807) is 6.07 Å².